The molecule has 2 aliphatic rings. The maximum absolute atomic E-state index is 12.1. The lowest BCUT2D eigenvalue weighted by molar-refractivity contribution is -0.174. The lowest BCUT2D eigenvalue weighted by Gasteiger charge is -2.32. The Bertz CT molecular complexity index is 277. The van der Waals surface area contributed by atoms with Crippen LogP contribution in [0.25, 0.3) is 0 Å². The van der Waals surface area contributed by atoms with E-state index in [1.807, 2.05) is 0 Å². The molecule has 0 aromatic heterocycles. The van der Waals surface area contributed by atoms with Gasteiger partial charge in [0.05, 0.1) is 0 Å². The molecule has 5 heteroatoms. The molecule has 0 heterocycles. The van der Waals surface area contributed by atoms with Crippen LogP contribution in [0.4, 0.5) is 13.2 Å². The van der Waals surface area contributed by atoms with Gasteiger partial charge >= 0.3 is 12.1 Å². The summed E-state index contributed by atoms with van der Waals surface area (Å²) in [6.07, 6.45) is 1.17. The van der Waals surface area contributed by atoms with Crippen LogP contribution in [0.3, 0.4) is 0 Å². The predicted molar refractivity (Wildman–Crippen MR) is 52.7 cm³/mol. The Morgan fingerprint density at radius 2 is 1.75 bits per heavy atom. The van der Waals surface area contributed by atoms with Crippen LogP contribution in [0.1, 0.15) is 38.5 Å². The molecule has 2 saturated carbocycles. The van der Waals surface area contributed by atoms with E-state index in [0.29, 0.717) is 18.3 Å². The molecule has 92 valence electrons. The first-order valence-corrected chi connectivity index (χ1v) is 5.84. The SMILES string of the molecule is O=C(N[C@@H]1CC[C@H]2CCC[C@@H]2C1)C(F)(F)F. The van der Waals surface area contributed by atoms with Crippen molar-refractivity contribution in [1.29, 1.82) is 0 Å². The Kier molecular flexibility index (Phi) is 3.13. The fourth-order valence-electron chi connectivity index (χ4n) is 3.10. The zero-order valence-electron chi connectivity index (χ0n) is 9.02. The van der Waals surface area contributed by atoms with Crippen LogP contribution < -0.4 is 5.32 Å². The number of carbonyl (C=O) groups excluding carboxylic acids is 1. The highest BCUT2D eigenvalue weighted by Crippen LogP contribution is 2.42. The van der Waals surface area contributed by atoms with E-state index in [2.05, 4.69) is 5.32 Å². The largest absolute Gasteiger partial charge is 0.471 e. The van der Waals surface area contributed by atoms with Gasteiger partial charge < -0.3 is 5.32 Å². The van der Waals surface area contributed by atoms with Gasteiger partial charge in [-0.3, -0.25) is 4.79 Å². The zero-order valence-corrected chi connectivity index (χ0v) is 9.02. The number of rotatable bonds is 1. The number of halogens is 3. The van der Waals surface area contributed by atoms with Gasteiger partial charge in [0, 0.05) is 6.04 Å². The minimum Gasteiger partial charge on any atom is -0.346 e. The lowest BCUT2D eigenvalue weighted by Crippen LogP contribution is -2.45. The third-order valence-electron chi connectivity index (χ3n) is 3.88. The van der Waals surface area contributed by atoms with Crippen LogP contribution in [-0.2, 0) is 4.79 Å². The molecule has 0 radical (unpaired) electrons. The van der Waals surface area contributed by atoms with Crippen molar-refractivity contribution in [2.75, 3.05) is 0 Å². The van der Waals surface area contributed by atoms with Crippen LogP contribution >= 0.6 is 0 Å². The van der Waals surface area contributed by atoms with Gasteiger partial charge in [-0.2, -0.15) is 13.2 Å². The Morgan fingerprint density at radius 3 is 2.44 bits per heavy atom. The fraction of sp³-hybridized carbons (Fsp3) is 0.909. The molecule has 1 N–H and O–H groups in total. The van der Waals surface area contributed by atoms with Crippen LogP contribution in [0.2, 0.25) is 0 Å². The second kappa shape index (κ2) is 4.26. The predicted octanol–water partition coefficient (Wildman–Crippen LogP) is 2.63. The molecule has 0 aromatic carbocycles. The molecule has 2 fully saturated rings. The van der Waals surface area contributed by atoms with E-state index in [9.17, 15) is 18.0 Å². The van der Waals surface area contributed by atoms with Crippen molar-refractivity contribution in [3.63, 3.8) is 0 Å². The summed E-state index contributed by atoms with van der Waals surface area (Å²) in [7, 11) is 0. The van der Waals surface area contributed by atoms with Crippen LogP contribution in [0.15, 0.2) is 0 Å². The van der Waals surface area contributed by atoms with Crippen molar-refractivity contribution in [3.05, 3.63) is 0 Å². The minimum absolute atomic E-state index is 0.270. The molecular formula is C11H16F3NO. The molecule has 0 aromatic rings. The summed E-state index contributed by atoms with van der Waals surface area (Å²) in [6, 6.07) is -0.270. The summed E-state index contributed by atoms with van der Waals surface area (Å²) in [5.41, 5.74) is 0. The molecule has 2 aliphatic carbocycles. The van der Waals surface area contributed by atoms with Crippen molar-refractivity contribution in [2.24, 2.45) is 11.8 Å². The van der Waals surface area contributed by atoms with Gasteiger partial charge in [-0.1, -0.05) is 19.3 Å². The van der Waals surface area contributed by atoms with Crippen molar-refractivity contribution in [1.82, 2.24) is 5.32 Å². The summed E-state index contributed by atoms with van der Waals surface area (Å²) in [5, 5.41) is 2.11. The van der Waals surface area contributed by atoms with E-state index in [1.165, 1.54) is 12.8 Å². The molecule has 0 spiro atoms. The molecule has 2 rings (SSSR count). The van der Waals surface area contributed by atoms with Gasteiger partial charge in [-0.05, 0) is 31.1 Å². The number of carbonyl (C=O) groups is 1. The summed E-state index contributed by atoms with van der Waals surface area (Å²) < 4.78 is 36.2. The van der Waals surface area contributed by atoms with Gasteiger partial charge in [0.2, 0.25) is 0 Å². The molecule has 3 atom stereocenters. The number of nitrogens with one attached hydrogen (secondary N) is 1. The highest BCUT2D eigenvalue weighted by atomic mass is 19.4. The van der Waals surface area contributed by atoms with E-state index in [0.717, 1.165) is 19.3 Å². The topological polar surface area (TPSA) is 29.1 Å². The second-order valence-corrected chi connectivity index (χ2v) is 4.93. The van der Waals surface area contributed by atoms with Crippen LogP contribution in [0, 0.1) is 11.8 Å². The maximum atomic E-state index is 12.1. The molecule has 16 heavy (non-hydrogen) atoms. The highest BCUT2D eigenvalue weighted by molar-refractivity contribution is 5.81. The maximum Gasteiger partial charge on any atom is 0.471 e. The first kappa shape index (κ1) is 11.7. The molecule has 0 saturated heterocycles. The van der Waals surface area contributed by atoms with E-state index in [-0.39, 0.29) is 6.04 Å². The van der Waals surface area contributed by atoms with Crippen molar-refractivity contribution >= 4 is 5.91 Å². The lowest BCUT2D eigenvalue weighted by atomic mass is 9.79. The van der Waals surface area contributed by atoms with E-state index >= 15 is 0 Å². The quantitative estimate of drug-likeness (QED) is 0.743. The third-order valence-corrected chi connectivity index (χ3v) is 3.88. The summed E-state index contributed by atoms with van der Waals surface area (Å²) >= 11 is 0. The second-order valence-electron chi connectivity index (χ2n) is 4.93. The Morgan fingerprint density at radius 1 is 1.06 bits per heavy atom. The van der Waals surface area contributed by atoms with Gasteiger partial charge in [-0.15, -0.1) is 0 Å². The number of amides is 1. The Balaban J connectivity index is 1.85. The van der Waals surface area contributed by atoms with Gasteiger partial charge in [0.15, 0.2) is 0 Å². The zero-order chi connectivity index (χ0) is 11.8. The average molecular weight is 235 g/mol. The monoisotopic (exact) mass is 235 g/mol. The van der Waals surface area contributed by atoms with Gasteiger partial charge in [0.25, 0.3) is 0 Å². The van der Waals surface area contributed by atoms with E-state index < -0.39 is 12.1 Å². The first-order chi connectivity index (χ1) is 7.47. The summed E-state index contributed by atoms with van der Waals surface area (Å²) in [6.45, 7) is 0. The fourth-order valence-corrected chi connectivity index (χ4v) is 3.10. The minimum atomic E-state index is -4.74. The smallest absolute Gasteiger partial charge is 0.346 e. The van der Waals surface area contributed by atoms with E-state index in [1.54, 1.807) is 0 Å². The molecular weight excluding hydrogens is 219 g/mol. The molecule has 1 amide bonds. The normalized spacial score (nSPS) is 34.6. The molecule has 0 aliphatic heterocycles. The Labute approximate surface area is 92.6 Å². The van der Waals surface area contributed by atoms with Crippen molar-refractivity contribution in [3.8, 4) is 0 Å². The number of fused-ring (bicyclic) bond motifs is 1. The third kappa shape index (κ3) is 2.50. The number of hydrogen-bond acceptors (Lipinski definition) is 1. The van der Waals surface area contributed by atoms with Crippen LogP contribution in [-0.4, -0.2) is 18.1 Å². The first-order valence-electron chi connectivity index (χ1n) is 5.84. The average Bonchev–Trinajstić information content (AvgIpc) is 2.63. The van der Waals surface area contributed by atoms with Crippen molar-refractivity contribution in [2.45, 2.75) is 50.7 Å². The van der Waals surface area contributed by atoms with Crippen molar-refractivity contribution < 1.29 is 18.0 Å². The van der Waals surface area contributed by atoms with Gasteiger partial charge in [0.1, 0.15) is 0 Å². The molecule has 0 unspecified atom stereocenters. The highest BCUT2D eigenvalue weighted by Gasteiger charge is 2.41. The molecule has 0 bridgehead atoms. The van der Waals surface area contributed by atoms with E-state index in [4.69, 9.17) is 0 Å². The number of alkyl halides is 3. The molecule has 2 nitrogen and oxygen atoms in total. The number of hydrogen-bond donors (Lipinski definition) is 1. The Hall–Kier alpha value is -0.740. The van der Waals surface area contributed by atoms with Crippen LogP contribution in [0.5, 0.6) is 0 Å². The summed E-state index contributed by atoms with van der Waals surface area (Å²) in [5.74, 6) is -0.555. The van der Waals surface area contributed by atoms with Gasteiger partial charge in [-0.25, -0.2) is 0 Å². The standard InChI is InChI=1S/C11H16F3NO/c12-11(13,14)10(16)15-9-5-4-7-2-1-3-8(7)6-9/h7-9H,1-6H2,(H,15,16)/t7-,8-,9-/m1/s1. The summed E-state index contributed by atoms with van der Waals surface area (Å²) in [4.78, 5) is 10.8.